The van der Waals surface area contributed by atoms with Gasteiger partial charge in [0.25, 0.3) is 0 Å². The SMILES string of the molecule is c1ccc2c(c1)-c1ccccc1C21c2ccccc2-c2ccc(Nc3ccc(-c4cccc5ccccc45)cc3)cc21. The minimum Gasteiger partial charge on any atom is -0.356 e. The number of fused-ring (bicyclic) bond motifs is 11. The standard InChI is InChI=1S/C41H27N/c1-2-12-31-27(10-1)11-9-16-32(31)28-20-22-29(23-21-28)42-30-24-25-36-35-15-5-8-19-39(35)41(40(36)26-30)37-17-6-3-13-33(37)34-14-4-7-18-38(34)41/h1-26,42H. The monoisotopic (exact) mass is 533 g/mol. The van der Waals surface area contributed by atoms with Gasteiger partial charge in [0, 0.05) is 11.4 Å². The van der Waals surface area contributed by atoms with Gasteiger partial charge in [-0.3, -0.25) is 0 Å². The van der Waals surface area contributed by atoms with Crippen molar-refractivity contribution < 1.29 is 0 Å². The third-order valence-electron chi connectivity index (χ3n) is 9.27. The Morgan fingerprint density at radius 1 is 0.357 bits per heavy atom. The average Bonchev–Trinajstić information content (AvgIpc) is 3.52. The maximum Gasteiger partial charge on any atom is 0.0726 e. The molecule has 9 rings (SSSR count). The molecule has 0 saturated carbocycles. The first-order chi connectivity index (χ1) is 20.8. The lowest BCUT2D eigenvalue weighted by Crippen LogP contribution is -2.25. The largest absolute Gasteiger partial charge is 0.356 e. The van der Waals surface area contributed by atoms with Crippen molar-refractivity contribution in [3.63, 3.8) is 0 Å². The van der Waals surface area contributed by atoms with E-state index in [2.05, 4.69) is 163 Å². The van der Waals surface area contributed by atoms with Crippen LogP contribution in [0.1, 0.15) is 22.3 Å². The van der Waals surface area contributed by atoms with E-state index in [1.807, 2.05) is 0 Å². The number of rotatable bonds is 3. The predicted octanol–water partition coefficient (Wildman–Crippen LogP) is 10.6. The van der Waals surface area contributed by atoms with E-state index in [4.69, 9.17) is 0 Å². The molecule has 1 spiro atoms. The molecule has 0 unspecified atom stereocenters. The lowest BCUT2D eigenvalue weighted by molar-refractivity contribution is 0.794. The van der Waals surface area contributed by atoms with Crippen LogP contribution in [0.3, 0.4) is 0 Å². The second-order valence-corrected chi connectivity index (χ2v) is 11.4. The Labute approximate surface area is 245 Å². The summed E-state index contributed by atoms with van der Waals surface area (Å²) < 4.78 is 0. The van der Waals surface area contributed by atoms with E-state index in [0.717, 1.165) is 11.4 Å². The molecule has 196 valence electrons. The molecule has 2 aliphatic rings. The van der Waals surface area contributed by atoms with Gasteiger partial charge < -0.3 is 5.32 Å². The van der Waals surface area contributed by atoms with Crippen molar-refractivity contribution in [1.29, 1.82) is 0 Å². The van der Waals surface area contributed by atoms with E-state index in [-0.39, 0.29) is 5.41 Å². The first-order valence-electron chi connectivity index (χ1n) is 14.6. The predicted molar refractivity (Wildman–Crippen MR) is 175 cm³/mol. The Kier molecular flexibility index (Phi) is 4.88. The molecular weight excluding hydrogens is 506 g/mol. The number of benzene rings is 7. The summed E-state index contributed by atoms with van der Waals surface area (Å²) in [4.78, 5) is 0. The van der Waals surface area contributed by atoms with Gasteiger partial charge in [-0.1, -0.05) is 133 Å². The van der Waals surface area contributed by atoms with Gasteiger partial charge in [-0.05, 0) is 90.7 Å². The highest BCUT2D eigenvalue weighted by Gasteiger charge is 2.51. The van der Waals surface area contributed by atoms with Crippen LogP contribution >= 0.6 is 0 Å². The third-order valence-corrected chi connectivity index (χ3v) is 9.27. The van der Waals surface area contributed by atoms with E-state index < -0.39 is 0 Å². The van der Waals surface area contributed by atoms with E-state index in [0.29, 0.717) is 0 Å². The van der Waals surface area contributed by atoms with E-state index >= 15 is 0 Å². The Morgan fingerprint density at radius 2 is 0.857 bits per heavy atom. The van der Waals surface area contributed by atoms with Crippen molar-refractivity contribution in [3.05, 3.63) is 180 Å². The summed E-state index contributed by atoms with van der Waals surface area (Å²) in [6.45, 7) is 0. The molecule has 1 nitrogen and oxygen atoms in total. The van der Waals surface area contributed by atoms with E-state index in [1.54, 1.807) is 0 Å². The van der Waals surface area contributed by atoms with Crippen LogP contribution in [0.5, 0.6) is 0 Å². The maximum atomic E-state index is 3.73. The minimum atomic E-state index is -0.324. The minimum absolute atomic E-state index is 0.324. The fourth-order valence-corrected chi connectivity index (χ4v) is 7.55. The van der Waals surface area contributed by atoms with Gasteiger partial charge in [0.05, 0.1) is 5.41 Å². The Balaban J connectivity index is 1.16. The van der Waals surface area contributed by atoms with Crippen molar-refractivity contribution in [3.8, 4) is 33.4 Å². The number of nitrogens with one attached hydrogen (secondary N) is 1. The molecule has 0 aromatic heterocycles. The molecule has 42 heavy (non-hydrogen) atoms. The molecule has 0 aliphatic heterocycles. The van der Waals surface area contributed by atoms with Gasteiger partial charge in [0.15, 0.2) is 0 Å². The van der Waals surface area contributed by atoms with Crippen LogP contribution in [-0.2, 0) is 5.41 Å². The van der Waals surface area contributed by atoms with Crippen molar-refractivity contribution in [2.45, 2.75) is 5.41 Å². The van der Waals surface area contributed by atoms with Crippen LogP contribution in [0.15, 0.2) is 158 Å². The second kappa shape index (κ2) is 8.80. The Bertz CT molecular complexity index is 2100. The molecule has 0 saturated heterocycles. The van der Waals surface area contributed by atoms with Gasteiger partial charge in [-0.2, -0.15) is 0 Å². The maximum absolute atomic E-state index is 3.73. The van der Waals surface area contributed by atoms with Crippen molar-refractivity contribution in [1.82, 2.24) is 0 Å². The molecule has 7 aromatic carbocycles. The summed E-state index contributed by atoms with van der Waals surface area (Å²) in [6, 6.07) is 57.7. The van der Waals surface area contributed by atoms with Crippen LogP contribution in [-0.4, -0.2) is 0 Å². The van der Waals surface area contributed by atoms with Crippen LogP contribution in [0.2, 0.25) is 0 Å². The molecule has 1 N–H and O–H groups in total. The normalized spacial score (nSPS) is 13.4. The number of anilines is 2. The smallest absolute Gasteiger partial charge is 0.0726 e. The second-order valence-electron chi connectivity index (χ2n) is 11.4. The zero-order chi connectivity index (χ0) is 27.7. The number of hydrogen-bond acceptors (Lipinski definition) is 1. The first-order valence-corrected chi connectivity index (χ1v) is 14.6. The van der Waals surface area contributed by atoms with Crippen molar-refractivity contribution in [2.24, 2.45) is 0 Å². The lowest BCUT2D eigenvalue weighted by Gasteiger charge is -2.30. The third kappa shape index (κ3) is 3.14. The molecule has 0 fully saturated rings. The zero-order valence-corrected chi connectivity index (χ0v) is 23.0. The molecule has 0 bridgehead atoms. The summed E-state index contributed by atoms with van der Waals surface area (Å²) in [5.41, 5.74) is 15.1. The van der Waals surface area contributed by atoms with E-state index in [9.17, 15) is 0 Å². The molecule has 7 aromatic rings. The first kappa shape index (κ1) is 23.3. The lowest BCUT2D eigenvalue weighted by atomic mass is 9.70. The summed E-state index contributed by atoms with van der Waals surface area (Å²) in [6.07, 6.45) is 0. The quantitative estimate of drug-likeness (QED) is 0.238. The summed E-state index contributed by atoms with van der Waals surface area (Å²) in [7, 11) is 0. The molecule has 2 aliphatic carbocycles. The average molecular weight is 534 g/mol. The zero-order valence-electron chi connectivity index (χ0n) is 23.0. The topological polar surface area (TPSA) is 12.0 Å². The molecule has 0 heterocycles. The Morgan fingerprint density at radius 3 is 1.52 bits per heavy atom. The van der Waals surface area contributed by atoms with Gasteiger partial charge in [0.2, 0.25) is 0 Å². The summed E-state index contributed by atoms with van der Waals surface area (Å²) in [5, 5.41) is 6.27. The fraction of sp³-hybridized carbons (Fsp3) is 0.0244. The van der Waals surface area contributed by atoms with E-state index in [1.165, 1.54) is 66.4 Å². The van der Waals surface area contributed by atoms with Gasteiger partial charge in [-0.25, -0.2) is 0 Å². The molecule has 0 amide bonds. The fourth-order valence-electron chi connectivity index (χ4n) is 7.55. The molecule has 1 heteroatoms. The number of hydrogen-bond donors (Lipinski definition) is 1. The van der Waals surface area contributed by atoms with Crippen molar-refractivity contribution >= 4 is 22.1 Å². The Hall–Kier alpha value is -5.40. The van der Waals surface area contributed by atoms with Crippen LogP contribution in [0.4, 0.5) is 11.4 Å². The highest BCUT2D eigenvalue weighted by Crippen LogP contribution is 2.62. The van der Waals surface area contributed by atoms with Gasteiger partial charge in [0.1, 0.15) is 0 Å². The summed E-state index contributed by atoms with van der Waals surface area (Å²) >= 11 is 0. The van der Waals surface area contributed by atoms with Crippen LogP contribution < -0.4 is 5.32 Å². The highest BCUT2D eigenvalue weighted by atomic mass is 14.9. The molecular formula is C41H27N. The van der Waals surface area contributed by atoms with Gasteiger partial charge in [-0.15, -0.1) is 0 Å². The highest BCUT2D eigenvalue weighted by molar-refractivity contribution is 5.97. The summed E-state index contributed by atoms with van der Waals surface area (Å²) in [5.74, 6) is 0. The van der Waals surface area contributed by atoms with Crippen molar-refractivity contribution in [2.75, 3.05) is 5.32 Å². The molecule has 0 radical (unpaired) electrons. The van der Waals surface area contributed by atoms with Crippen LogP contribution in [0.25, 0.3) is 44.2 Å². The van der Waals surface area contributed by atoms with Gasteiger partial charge >= 0.3 is 0 Å². The van der Waals surface area contributed by atoms with Crippen LogP contribution in [0, 0.1) is 0 Å². The molecule has 0 atom stereocenters.